The molecule has 0 aliphatic carbocycles. The van der Waals surface area contributed by atoms with E-state index in [9.17, 15) is 24.1 Å². The Morgan fingerprint density at radius 2 is 1.88 bits per heavy atom. The summed E-state index contributed by atoms with van der Waals surface area (Å²) < 4.78 is 18.6. The van der Waals surface area contributed by atoms with E-state index in [-0.39, 0.29) is 5.75 Å². The van der Waals surface area contributed by atoms with Gasteiger partial charge in [-0.25, -0.2) is 9.18 Å². The van der Waals surface area contributed by atoms with Crippen molar-refractivity contribution in [2.75, 3.05) is 11.9 Å². The van der Waals surface area contributed by atoms with Gasteiger partial charge in [-0.05, 0) is 43.2 Å². The highest BCUT2D eigenvalue weighted by Crippen LogP contribution is 2.22. The van der Waals surface area contributed by atoms with E-state index in [2.05, 4.69) is 5.32 Å². The molecule has 0 spiro atoms. The summed E-state index contributed by atoms with van der Waals surface area (Å²) in [5.41, 5.74) is 2.12. The zero-order valence-corrected chi connectivity index (χ0v) is 14.0. The van der Waals surface area contributed by atoms with Gasteiger partial charge in [-0.15, -0.1) is 0 Å². The van der Waals surface area contributed by atoms with E-state index in [1.54, 1.807) is 12.1 Å². The number of rotatable bonds is 5. The number of nitro groups is 1. The van der Waals surface area contributed by atoms with E-state index < -0.39 is 35.0 Å². The van der Waals surface area contributed by atoms with Crippen LogP contribution in [0, 0.1) is 29.8 Å². The molecule has 0 radical (unpaired) electrons. The van der Waals surface area contributed by atoms with Gasteiger partial charge in [0.25, 0.3) is 11.6 Å². The van der Waals surface area contributed by atoms with Gasteiger partial charge in [0.05, 0.1) is 11.0 Å². The summed E-state index contributed by atoms with van der Waals surface area (Å²) in [6.07, 6.45) is 0. The molecular weight excluding hydrogens is 345 g/mol. The normalized spacial score (nSPS) is 10.1. The highest BCUT2D eigenvalue weighted by Gasteiger charge is 2.14. The van der Waals surface area contributed by atoms with Crippen LogP contribution in [0.4, 0.5) is 20.6 Å². The Morgan fingerprint density at radius 1 is 1.15 bits per heavy atom. The van der Waals surface area contributed by atoms with Gasteiger partial charge in [-0.1, -0.05) is 6.07 Å². The first-order valence-corrected chi connectivity index (χ1v) is 7.51. The molecule has 136 valence electrons. The summed E-state index contributed by atoms with van der Waals surface area (Å²) in [4.78, 5) is 33.2. The van der Waals surface area contributed by atoms with Crippen LogP contribution in [-0.4, -0.2) is 23.5 Å². The monoisotopic (exact) mass is 361 g/mol. The molecule has 3 amide bonds. The minimum Gasteiger partial charge on any atom is -0.481 e. The molecule has 0 saturated carbocycles. The smallest absolute Gasteiger partial charge is 0.325 e. The first-order valence-electron chi connectivity index (χ1n) is 7.51. The van der Waals surface area contributed by atoms with E-state index in [0.717, 1.165) is 23.3 Å². The van der Waals surface area contributed by atoms with E-state index in [1.165, 1.54) is 0 Å². The largest absolute Gasteiger partial charge is 0.481 e. The molecule has 2 aromatic carbocycles. The number of hydrogen-bond acceptors (Lipinski definition) is 5. The van der Waals surface area contributed by atoms with Crippen molar-refractivity contribution in [2.24, 2.45) is 0 Å². The molecule has 0 unspecified atom stereocenters. The number of nitrogens with zero attached hydrogens (tertiary/aromatic N) is 1. The third-order valence-electron chi connectivity index (χ3n) is 3.50. The van der Waals surface area contributed by atoms with Gasteiger partial charge in [-0.3, -0.25) is 20.2 Å². The zero-order chi connectivity index (χ0) is 19.3. The number of halogens is 1. The Bertz CT molecular complexity index is 869. The molecule has 0 atom stereocenters. The Balaban J connectivity index is 1.87. The lowest BCUT2D eigenvalue weighted by Gasteiger charge is -2.09. The quantitative estimate of drug-likeness (QED) is 0.628. The SMILES string of the molecule is Cc1ccc(NC(=O)NC(=O)COc2ccc([N+](=O)[O-])cc2F)cc1C. The van der Waals surface area contributed by atoms with Crippen molar-refractivity contribution in [1.29, 1.82) is 0 Å². The number of benzene rings is 2. The second kappa shape index (κ2) is 8.06. The Labute approximate surface area is 148 Å². The lowest BCUT2D eigenvalue weighted by Crippen LogP contribution is -2.37. The fourth-order valence-electron chi connectivity index (χ4n) is 2.01. The molecule has 0 aliphatic heterocycles. The number of urea groups is 1. The number of carbonyl (C=O) groups is 2. The fourth-order valence-corrected chi connectivity index (χ4v) is 2.01. The Morgan fingerprint density at radius 3 is 2.50 bits per heavy atom. The molecule has 2 aromatic rings. The number of nitro benzene ring substituents is 1. The number of non-ortho nitro benzene ring substituents is 1. The standard InChI is InChI=1S/C17H16FN3O5/c1-10-3-4-12(7-11(10)2)19-17(23)20-16(22)9-26-15-6-5-13(21(24)25)8-14(15)18/h3-8H,9H2,1-2H3,(H2,19,20,22,23). The second-order valence-corrected chi connectivity index (χ2v) is 5.46. The minimum absolute atomic E-state index is 0.333. The predicted octanol–water partition coefficient (Wildman–Crippen LogP) is 3.08. The van der Waals surface area contributed by atoms with Crippen LogP contribution < -0.4 is 15.4 Å². The van der Waals surface area contributed by atoms with Crippen molar-refractivity contribution in [2.45, 2.75) is 13.8 Å². The summed E-state index contributed by atoms with van der Waals surface area (Å²) in [5, 5.41) is 15.1. The van der Waals surface area contributed by atoms with Crippen LogP contribution in [-0.2, 0) is 4.79 Å². The number of aryl methyl sites for hydroxylation is 2. The lowest BCUT2D eigenvalue weighted by molar-refractivity contribution is -0.385. The van der Waals surface area contributed by atoms with Crippen LogP contribution in [0.5, 0.6) is 5.75 Å². The Hall–Kier alpha value is -3.49. The first kappa shape index (κ1) is 18.8. The van der Waals surface area contributed by atoms with Gasteiger partial charge < -0.3 is 10.1 Å². The summed E-state index contributed by atoms with van der Waals surface area (Å²) in [7, 11) is 0. The predicted molar refractivity (Wildman–Crippen MR) is 91.6 cm³/mol. The molecule has 2 N–H and O–H groups in total. The van der Waals surface area contributed by atoms with Crippen LogP contribution in [0.2, 0.25) is 0 Å². The molecular formula is C17H16FN3O5. The molecule has 0 heterocycles. The van der Waals surface area contributed by atoms with Crippen molar-refractivity contribution in [3.63, 3.8) is 0 Å². The molecule has 0 bridgehead atoms. The van der Waals surface area contributed by atoms with Crippen molar-refractivity contribution in [1.82, 2.24) is 5.32 Å². The van der Waals surface area contributed by atoms with Gasteiger partial charge in [0.1, 0.15) is 0 Å². The maximum atomic E-state index is 13.6. The van der Waals surface area contributed by atoms with Crippen molar-refractivity contribution in [3.05, 3.63) is 63.5 Å². The molecule has 8 nitrogen and oxygen atoms in total. The molecule has 9 heteroatoms. The molecule has 0 aromatic heterocycles. The van der Waals surface area contributed by atoms with Gasteiger partial charge in [-0.2, -0.15) is 0 Å². The summed E-state index contributed by atoms with van der Waals surface area (Å²) >= 11 is 0. The molecule has 2 rings (SSSR count). The van der Waals surface area contributed by atoms with E-state index in [4.69, 9.17) is 4.74 Å². The van der Waals surface area contributed by atoms with Gasteiger partial charge in [0.2, 0.25) is 0 Å². The van der Waals surface area contributed by atoms with Crippen LogP contribution in [0.3, 0.4) is 0 Å². The van der Waals surface area contributed by atoms with Crippen molar-refractivity contribution >= 4 is 23.3 Å². The Kier molecular flexibility index (Phi) is 5.84. The maximum Gasteiger partial charge on any atom is 0.325 e. The van der Waals surface area contributed by atoms with Crippen molar-refractivity contribution in [3.8, 4) is 5.75 Å². The number of amides is 3. The van der Waals surface area contributed by atoms with Gasteiger partial charge in [0, 0.05) is 11.8 Å². The number of nitrogens with one attached hydrogen (secondary N) is 2. The van der Waals surface area contributed by atoms with Gasteiger partial charge in [0.15, 0.2) is 18.2 Å². The third-order valence-corrected chi connectivity index (χ3v) is 3.50. The molecule has 0 fully saturated rings. The lowest BCUT2D eigenvalue weighted by atomic mass is 10.1. The topological polar surface area (TPSA) is 111 Å². The van der Waals surface area contributed by atoms with Crippen LogP contribution in [0.15, 0.2) is 36.4 Å². The van der Waals surface area contributed by atoms with Gasteiger partial charge >= 0.3 is 6.03 Å². The number of imide groups is 1. The number of ether oxygens (including phenoxy) is 1. The summed E-state index contributed by atoms with van der Waals surface area (Å²) in [5.74, 6) is -2.11. The fraction of sp³-hybridized carbons (Fsp3) is 0.176. The summed E-state index contributed by atoms with van der Waals surface area (Å²) in [6.45, 7) is 3.18. The second-order valence-electron chi connectivity index (χ2n) is 5.46. The average molecular weight is 361 g/mol. The zero-order valence-electron chi connectivity index (χ0n) is 14.0. The van der Waals surface area contributed by atoms with Crippen LogP contribution >= 0.6 is 0 Å². The molecule has 0 aliphatic rings. The number of hydrogen-bond donors (Lipinski definition) is 2. The molecule has 0 saturated heterocycles. The third kappa shape index (κ3) is 5.00. The maximum absolute atomic E-state index is 13.6. The minimum atomic E-state index is -0.980. The van der Waals surface area contributed by atoms with E-state index in [0.29, 0.717) is 11.8 Å². The highest BCUT2D eigenvalue weighted by atomic mass is 19.1. The first-order chi connectivity index (χ1) is 12.3. The number of anilines is 1. The van der Waals surface area contributed by atoms with E-state index in [1.807, 2.05) is 25.2 Å². The van der Waals surface area contributed by atoms with Crippen molar-refractivity contribution < 1.29 is 23.6 Å². The highest BCUT2D eigenvalue weighted by molar-refractivity contribution is 6.01. The molecule has 26 heavy (non-hydrogen) atoms. The summed E-state index contributed by atoms with van der Waals surface area (Å²) in [6, 6.07) is 7.27. The number of carbonyl (C=O) groups excluding carboxylic acids is 2. The van der Waals surface area contributed by atoms with Crippen LogP contribution in [0.1, 0.15) is 11.1 Å². The average Bonchev–Trinajstić information content (AvgIpc) is 2.56. The van der Waals surface area contributed by atoms with Crippen LogP contribution in [0.25, 0.3) is 0 Å². The van der Waals surface area contributed by atoms with E-state index >= 15 is 0 Å².